The van der Waals surface area contributed by atoms with Gasteiger partial charge in [-0.2, -0.15) is 13.2 Å². The van der Waals surface area contributed by atoms with Gasteiger partial charge in [0.25, 0.3) is 0 Å². The van der Waals surface area contributed by atoms with Gasteiger partial charge < -0.3 is 19.5 Å². The van der Waals surface area contributed by atoms with Gasteiger partial charge in [-0.05, 0) is 30.2 Å². The van der Waals surface area contributed by atoms with Crippen LogP contribution in [0.4, 0.5) is 13.2 Å². The highest BCUT2D eigenvalue weighted by atomic mass is 127. The molecule has 162 valence electrons. The monoisotopic (exact) mass is 524 g/mol. The summed E-state index contributed by atoms with van der Waals surface area (Å²) >= 11 is 0. The molecule has 29 heavy (non-hydrogen) atoms. The van der Waals surface area contributed by atoms with Crippen molar-refractivity contribution in [1.82, 2.24) is 14.8 Å². The maximum Gasteiger partial charge on any atom is 0.411 e. The Hall–Kier alpha value is -1.75. The standard InChI is InChI=1S/C20H27F3N4O.HI/c1-4-24-19(27(3)13-18-9-6-10-26(18)2)25-12-16-7-5-8-17(11-16)14-28-15-20(21,22)23;/h5-11H,4,12-15H2,1-3H3,(H,24,25);1H. The Bertz CT molecular complexity index is 777. The maximum absolute atomic E-state index is 12.2. The lowest BCUT2D eigenvalue weighted by molar-refractivity contribution is -0.176. The molecule has 2 rings (SSSR count). The predicted octanol–water partition coefficient (Wildman–Crippen LogP) is 4.32. The largest absolute Gasteiger partial charge is 0.411 e. The molecule has 0 unspecified atom stereocenters. The van der Waals surface area contributed by atoms with Gasteiger partial charge in [0, 0.05) is 32.5 Å². The average Bonchev–Trinajstić information content (AvgIpc) is 3.02. The van der Waals surface area contributed by atoms with Crippen molar-refractivity contribution in [1.29, 1.82) is 0 Å². The zero-order valence-corrected chi connectivity index (χ0v) is 19.2. The van der Waals surface area contributed by atoms with Gasteiger partial charge in [0.1, 0.15) is 6.61 Å². The number of alkyl halides is 3. The van der Waals surface area contributed by atoms with E-state index in [9.17, 15) is 13.2 Å². The molecule has 5 nitrogen and oxygen atoms in total. The van der Waals surface area contributed by atoms with Crippen molar-refractivity contribution in [3.8, 4) is 0 Å². The Morgan fingerprint density at radius 3 is 2.55 bits per heavy atom. The summed E-state index contributed by atoms with van der Waals surface area (Å²) in [6, 6.07) is 11.3. The van der Waals surface area contributed by atoms with E-state index in [0.29, 0.717) is 18.7 Å². The summed E-state index contributed by atoms with van der Waals surface area (Å²) in [5, 5.41) is 3.27. The quantitative estimate of drug-likeness (QED) is 0.318. The zero-order valence-electron chi connectivity index (χ0n) is 16.9. The third-order valence-electron chi connectivity index (χ3n) is 4.08. The molecule has 9 heteroatoms. The van der Waals surface area contributed by atoms with Crippen molar-refractivity contribution >= 4 is 29.9 Å². The third kappa shape index (κ3) is 9.07. The SMILES string of the molecule is CCNC(=NCc1cccc(COCC(F)(F)F)c1)N(C)Cc1cccn1C.I. The van der Waals surface area contributed by atoms with Gasteiger partial charge in [-0.25, -0.2) is 4.99 Å². The fourth-order valence-corrected chi connectivity index (χ4v) is 2.72. The van der Waals surface area contributed by atoms with E-state index >= 15 is 0 Å². The zero-order chi connectivity index (χ0) is 20.6. The molecule has 0 atom stereocenters. The summed E-state index contributed by atoms with van der Waals surface area (Å²) in [5.74, 6) is 0.766. The van der Waals surface area contributed by atoms with E-state index in [0.717, 1.165) is 23.8 Å². The van der Waals surface area contributed by atoms with Crippen molar-refractivity contribution in [3.05, 3.63) is 59.4 Å². The smallest absolute Gasteiger partial charge is 0.367 e. The Morgan fingerprint density at radius 2 is 1.93 bits per heavy atom. The number of nitrogens with zero attached hydrogens (tertiary/aromatic N) is 3. The highest BCUT2D eigenvalue weighted by Gasteiger charge is 2.27. The maximum atomic E-state index is 12.2. The van der Waals surface area contributed by atoms with Crippen LogP contribution < -0.4 is 5.32 Å². The van der Waals surface area contributed by atoms with Crippen LogP contribution in [-0.2, 0) is 31.5 Å². The number of nitrogens with one attached hydrogen (secondary N) is 1. The highest BCUT2D eigenvalue weighted by molar-refractivity contribution is 14.0. The summed E-state index contributed by atoms with van der Waals surface area (Å²) < 4.78 is 43.4. The van der Waals surface area contributed by atoms with Crippen molar-refractivity contribution in [2.24, 2.45) is 12.0 Å². The molecular formula is C20H28F3IN4O. The molecule has 0 saturated heterocycles. The van der Waals surface area contributed by atoms with E-state index < -0.39 is 12.8 Å². The van der Waals surface area contributed by atoms with Gasteiger partial charge in [-0.1, -0.05) is 24.3 Å². The molecule has 2 aromatic rings. The van der Waals surface area contributed by atoms with Crippen LogP contribution >= 0.6 is 24.0 Å². The van der Waals surface area contributed by atoms with Crippen LogP contribution in [0.2, 0.25) is 0 Å². The fourth-order valence-electron chi connectivity index (χ4n) is 2.72. The molecular weight excluding hydrogens is 496 g/mol. The first-order valence-electron chi connectivity index (χ1n) is 9.10. The van der Waals surface area contributed by atoms with Crippen molar-refractivity contribution in [3.63, 3.8) is 0 Å². The number of guanidine groups is 1. The number of rotatable bonds is 8. The van der Waals surface area contributed by atoms with E-state index in [1.54, 1.807) is 12.1 Å². The van der Waals surface area contributed by atoms with Crippen LogP contribution in [0.3, 0.4) is 0 Å². The number of hydrogen-bond donors (Lipinski definition) is 1. The average molecular weight is 524 g/mol. The minimum atomic E-state index is -4.31. The second-order valence-corrected chi connectivity index (χ2v) is 6.56. The second kappa shape index (κ2) is 12.1. The topological polar surface area (TPSA) is 41.8 Å². The Morgan fingerprint density at radius 1 is 1.21 bits per heavy atom. The molecule has 0 amide bonds. The van der Waals surface area contributed by atoms with Gasteiger partial charge >= 0.3 is 6.18 Å². The summed E-state index contributed by atoms with van der Waals surface area (Å²) in [5.41, 5.74) is 2.77. The minimum absolute atomic E-state index is 0. The van der Waals surface area contributed by atoms with E-state index in [1.165, 1.54) is 0 Å². The van der Waals surface area contributed by atoms with Crippen LogP contribution in [0.15, 0.2) is 47.6 Å². The first-order valence-corrected chi connectivity index (χ1v) is 9.10. The van der Waals surface area contributed by atoms with E-state index in [1.807, 2.05) is 50.3 Å². The van der Waals surface area contributed by atoms with Crippen LogP contribution in [0.5, 0.6) is 0 Å². The van der Waals surface area contributed by atoms with E-state index in [-0.39, 0.29) is 30.6 Å². The molecule has 1 aromatic carbocycles. The molecule has 0 radical (unpaired) electrons. The van der Waals surface area contributed by atoms with Crippen LogP contribution in [0.25, 0.3) is 0 Å². The van der Waals surface area contributed by atoms with E-state index in [2.05, 4.69) is 20.9 Å². The lowest BCUT2D eigenvalue weighted by Gasteiger charge is -2.22. The number of benzene rings is 1. The predicted molar refractivity (Wildman–Crippen MR) is 119 cm³/mol. The lowest BCUT2D eigenvalue weighted by Crippen LogP contribution is -2.38. The van der Waals surface area contributed by atoms with Gasteiger partial charge in [0.2, 0.25) is 0 Å². The van der Waals surface area contributed by atoms with Gasteiger partial charge in [0.05, 0.1) is 19.7 Å². The van der Waals surface area contributed by atoms with Gasteiger partial charge in [0.15, 0.2) is 5.96 Å². The molecule has 0 bridgehead atoms. The summed E-state index contributed by atoms with van der Waals surface area (Å²) in [6.45, 7) is 2.55. The molecule has 1 heterocycles. The third-order valence-corrected chi connectivity index (χ3v) is 4.08. The Balaban J connectivity index is 0.00000420. The minimum Gasteiger partial charge on any atom is -0.367 e. The normalized spacial score (nSPS) is 11.9. The fraction of sp³-hybridized carbons (Fsp3) is 0.450. The molecule has 0 aliphatic rings. The van der Waals surface area contributed by atoms with Crippen LogP contribution in [0.1, 0.15) is 23.7 Å². The molecule has 0 saturated carbocycles. The molecule has 0 aliphatic carbocycles. The van der Waals surface area contributed by atoms with Crippen molar-refractivity contribution in [2.45, 2.75) is 32.8 Å². The number of aryl methyl sites for hydroxylation is 1. The van der Waals surface area contributed by atoms with Crippen LogP contribution in [0, 0.1) is 0 Å². The first-order chi connectivity index (χ1) is 13.3. The number of halogens is 4. The molecule has 0 spiro atoms. The van der Waals surface area contributed by atoms with Gasteiger partial charge in [-0.15, -0.1) is 24.0 Å². The molecule has 1 aromatic heterocycles. The number of aliphatic imine (C=N–C) groups is 1. The summed E-state index contributed by atoms with van der Waals surface area (Å²) in [7, 11) is 3.97. The number of ether oxygens (including phenoxy) is 1. The number of hydrogen-bond acceptors (Lipinski definition) is 2. The van der Waals surface area contributed by atoms with Gasteiger partial charge in [-0.3, -0.25) is 0 Å². The Kier molecular flexibility index (Phi) is 10.5. The second-order valence-electron chi connectivity index (χ2n) is 6.56. The molecule has 0 aliphatic heterocycles. The highest BCUT2D eigenvalue weighted by Crippen LogP contribution is 2.16. The summed E-state index contributed by atoms with van der Waals surface area (Å²) in [6.07, 6.45) is -2.31. The molecule has 1 N–H and O–H groups in total. The summed E-state index contributed by atoms with van der Waals surface area (Å²) in [4.78, 5) is 6.69. The Labute approximate surface area is 187 Å². The molecule has 0 fully saturated rings. The van der Waals surface area contributed by atoms with E-state index in [4.69, 9.17) is 4.74 Å². The first kappa shape index (κ1) is 25.3. The number of aromatic nitrogens is 1. The lowest BCUT2D eigenvalue weighted by atomic mass is 10.1. The van der Waals surface area contributed by atoms with Crippen molar-refractivity contribution in [2.75, 3.05) is 20.2 Å². The van der Waals surface area contributed by atoms with Crippen LogP contribution in [-0.4, -0.2) is 41.8 Å². The van der Waals surface area contributed by atoms with Crippen molar-refractivity contribution < 1.29 is 17.9 Å².